The van der Waals surface area contributed by atoms with Gasteiger partial charge in [-0.15, -0.1) is 0 Å². The van der Waals surface area contributed by atoms with Crippen molar-refractivity contribution in [1.82, 2.24) is 10.2 Å². The predicted molar refractivity (Wildman–Crippen MR) is 106 cm³/mol. The summed E-state index contributed by atoms with van der Waals surface area (Å²) in [7, 11) is 0.0693. The molecule has 0 aliphatic carbocycles. The van der Waals surface area contributed by atoms with Gasteiger partial charge in [-0.3, -0.25) is 4.79 Å². The van der Waals surface area contributed by atoms with Crippen LogP contribution in [0.3, 0.4) is 0 Å². The first-order valence-corrected chi connectivity index (χ1v) is 10.3. The molecule has 3 rings (SSSR count). The molecule has 0 fully saturated rings. The van der Waals surface area contributed by atoms with E-state index in [0.717, 1.165) is 5.56 Å². The number of carbonyl (C=O) groups is 1. The maximum Gasteiger partial charge on any atom is 0.287 e. The summed E-state index contributed by atoms with van der Waals surface area (Å²) >= 11 is 0. The summed E-state index contributed by atoms with van der Waals surface area (Å²) in [6.45, 7) is 0.358. The number of amides is 1. The lowest BCUT2D eigenvalue weighted by atomic mass is 10.1. The summed E-state index contributed by atoms with van der Waals surface area (Å²) in [5, 5.41) is 2.56. The highest BCUT2D eigenvalue weighted by atomic mass is 32.2. The van der Waals surface area contributed by atoms with Gasteiger partial charge >= 0.3 is 0 Å². The monoisotopic (exact) mass is 398 g/mol. The van der Waals surface area contributed by atoms with Crippen molar-refractivity contribution in [2.75, 3.05) is 20.6 Å². The van der Waals surface area contributed by atoms with E-state index in [1.807, 2.05) is 49.3 Å². The fourth-order valence-electron chi connectivity index (χ4n) is 2.85. The Morgan fingerprint density at radius 1 is 0.964 bits per heavy atom. The first-order valence-electron chi connectivity index (χ1n) is 8.79. The van der Waals surface area contributed by atoms with Crippen LogP contribution in [0.4, 0.5) is 0 Å². The molecule has 0 radical (unpaired) electrons. The van der Waals surface area contributed by atoms with Gasteiger partial charge in [-0.1, -0.05) is 48.5 Å². The fourth-order valence-corrected chi connectivity index (χ4v) is 4.05. The van der Waals surface area contributed by atoms with Gasteiger partial charge in [-0.05, 0) is 43.9 Å². The molecule has 1 unspecified atom stereocenters. The molecule has 0 aliphatic rings. The third kappa shape index (κ3) is 4.32. The Kier molecular flexibility index (Phi) is 5.96. The Balaban J connectivity index is 1.72. The summed E-state index contributed by atoms with van der Waals surface area (Å²) in [5.74, 6) is -0.502. The van der Waals surface area contributed by atoms with Crippen LogP contribution in [0.1, 0.15) is 22.2 Å². The van der Waals surface area contributed by atoms with E-state index in [-0.39, 0.29) is 21.8 Å². The molecule has 3 aromatic rings. The Hall–Kier alpha value is -2.90. The number of benzene rings is 2. The Morgan fingerprint density at radius 2 is 1.57 bits per heavy atom. The zero-order chi connectivity index (χ0) is 20.1. The second kappa shape index (κ2) is 8.41. The Labute approximate surface area is 164 Å². The van der Waals surface area contributed by atoms with Crippen LogP contribution in [-0.2, 0) is 9.84 Å². The van der Waals surface area contributed by atoms with E-state index in [0.29, 0.717) is 6.54 Å². The highest BCUT2D eigenvalue weighted by Crippen LogP contribution is 2.23. The number of rotatable bonds is 7. The first kappa shape index (κ1) is 19.9. The highest BCUT2D eigenvalue weighted by Gasteiger charge is 2.24. The van der Waals surface area contributed by atoms with Gasteiger partial charge in [0, 0.05) is 6.54 Å². The lowest BCUT2D eigenvalue weighted by Crippen LogP contribution is -2.34. The number of hydrogen-bond acceptors (Lipinski definition) is 5. The van der Waals surface area contributed by atoms with Crippen molar-refractivity contribution in [3.05, 3.63) is 84.1 Å². The molecule has 146 valence electrons. The van der Waals surface area contributed by atoms with E-state index < -0.39 is 15.7 Å². The predicted octanol–water partition coefficient (Wildman–Crippen LogP) is 3.15. The lowest BCUT2D eigenvalue weighted by Gasteiger charge is -2.24. The number of nitrogens with one attached hydrogen (secondary N) is 1. The van der Waals surface area contributed by atoms with Gasteiger partial charge < -0.3 is 14.6 Å². The second-order valence-corrected chi connectivity index (χ2v) is 8.42. The van der Waals surface area contributed by atoms with Gasteiger partial charge in [0.15, 0.2) is 5.76 Å². The summed E-state index contributed by atoms with van der Waals surface area (Å²) in [6, 6.07) is 20.4. The molecular weight excluding hydrogens is 376 g/mol. The molecule has 1 N–H and O–H groups in total. The quantitative estimate of drug-likeness (QED) is 0.661. The van der Waals surface area contributed by atoms with Crippen molar-refractivity contribution in [2.45, 2.75) is 16.0 Å². The van der Waals surface area contributed by atoms with E-state index in [9.17, 15) is 13.2 Å². The van der Waals surface area contributed by atoms with E-state index in [2.05, 4.69) is 5.32 Å². The van der Waals surface area contributed by atoms with E-state index in [1.165, 1.54) is 24.3 Å². The summed E-state index contributed by atoms with van der Waals surface area (Å²) in [5.41, 5.74) is 1.07. The minimum Gasteiger partial charge on any atom is -0.439 e. The molecule has 1 atom stereocenters. The number of nitrogens with zero attached hydrogens (tertiary/aromatic N) is 1. The van der Waals surface area contributed by atoms with E-state index in [1.54, 1.807) is 18.2 Å². The van der Waals surface area contributed by atoms with Gasteiger partial charge in [0.25, 0.3) is 5.91 Å². The summed E-state index contributed by atoms with van der Waals surface area (Å²) < 4.78 is 30.5. The van der Waals surface area contributed by atoms with Crippen LogP contribution in [0.15, 0.2) is 87.2 Å². The van der Waals surface area contributed by atoms with Gasteiger partial charge in [0.1, 0.15) is 0 Å². The third-order valence-corrected chi connectivity index (χ3v) is 6.03. The lowest BCUT2D eigenvalue weighted by molar-refractivity contribution is 0.0909. The van der Waals surface area contributed by atoms with Crippen molar-refractivity contribution in [1.29, 1.82) is 0 Å². The van der Waals surface area contributed by atoms with Crippen molar-refractivity contribution in [3.63, 3.8) is 0 Å². The Morgan fingerprint density at radius 3 is 2.18 bits per heavy atom. The fraction of sp³-hybridized carbons (Fsp3) is 0.190. The smallest absolute Gasteiger partial charge is 0.287 e. The normalized spacial score (nSPS) is 12.7. The number of furan rings is 1. The minimum absolute atomic E-state index is 0.0207. The van der Waals surface area contributed by atoms with Crippen LogP contribution in [0.2, 0.25) is 0 Å². The van der Waals surface area contributed by atoms with E-state index in [4.69, 9.17) is 4.42 Å². The van der Waals surface area contributed by atoms with Gasteiger partial charge in [-0.2, -0.15) is 0 Å². The average molecular weight is 398 g/mol. The zero-order valence-electron chi connectivity index (χ0n) is 15.7. The van der Waals surface area contributed by atoms with Crippen molar-refractivity contribution < 1.29 is 17.6 Å². The molecule has 7 heteroatoms. The molecular formula is C21H22N2O4S. The molecule has 1 amide bonds. The Bertz CT molecular complexity index is 1030. The SMILES string of the molecule is CN(C)C(CNC(=O)c1ccc(S(=O)(=O)c2ccccc2)o1)c1ccccc1. The highest BCUT2D eigenvalue weighted by molar-refractivity contribution is 7.91. The maximum absolute atomic E-state index is 12.6. The number of likely N-dealkylation sites (N-methyl/N-ethyl adjacent to an activating group) is 1. The molecule has 0 aliphatic heterocycles. The maximum atomic E-state index is 12.6. The number of carbonyl (C=O) groups excluding carboxylic acids is 1. The van der Waals surface area contributed by atoms with Crippen LogP contribution >= 0.6 is 0 Å². The largest absolute Gasteiger partial charge is 0.439 e. The van der Waals surface area contributed by atoms with Crippen LogP contribution in [0.5, 0.6) is 0 Å². The van der Waals surface area contributed by atoms with E-state index >= 15 is 0 Å². The first-order chi connectivity index (χ1) is 13.4. The van der Waals surface area contributed by atoms with Crippen LogP contribution in [0, 0.1) is 0 Å². The number of sulfone groups is 1. The summed E-state index contributed by atoms with van der Waals surface area (Å²) in [4.78, 5) is 14.6. The van der Waals surface area contributed by atoms with Gasteiger partial charge in [-0.25, -0.2) is 8.42 Å². The molecule has 0 bridgehead atoms. The van der Waals surface area contributed by atoms with Crippen molar-refractivity contribution in [2.24, 2.45) is 0 Å². The zero-order valence-corrected chi connectivity index (χ0v) is 16.5. The average Bonchev–Trinajstić information content (AvgIpc) is 3.20. The molecule has 0 spiro atoms. The van der Waals surface area contributed by atoms with Gasteiger partial charge in [0.05, 0.1) is 10.9 Å². The molecule has 0 saturated heterocycles. The topological polar surface area (TPSA) is 79.6 Å². The van der Waals surface area contributed by atoms with Crippen LogP contribution in [0.25, 0.3) is 0 Å². The number of hydrogen-bond donors (Lipinski definition) is 1. The summed E-state index contributed by atoms with van der Waals surface area (Å²) in [6.07, 6.45) is 0. The second-order valence-electron chi connectivity index (χ2n) is 6.54. The van der Waals surface area contributed by atoms with Crippen LogP contribution in [-0.4, -0.2) is 39.9 Å². The van der Waals surface area contributed by atoms with Crippen molar-refractivity contribution in [3.8, 4) is 0 Å². The van der Waals surface area contributed by atoms with Gasteiger partial charge in [0.2, 0.25) is 14.9 Å². The molecule has 2 aromatic carbocycles. The molecule has 1 aromatic heterocycles. The molecule has 1 heterocycles. The van der Waals surface area contributed by atoms with Crippen LogP contribution < -0.4 is 5.32 Å². The molecule has 6 nitrogen and oxygen atoms in total. The van der Waals surface area contributed by atoms with Crippen molar-refractivity contribution >= 4 is 15.7 Å². The molecule has 28 heavy (non-hydrogen) atoms. The minimum atomic E-state index is -3.79. The third-order valence-electron chi connectivity index (χ3n) is 4.39. The molecule has 0 saturated carbocycles. The standard InChI is InChI=1S/C21H22N2O4S/c1-23(2)18(16-9-5-3-6-10-16)15-22-21(24)19-13-14-20(27-19)28(25,26)17-11-7-4-8-12-17/h3-14,18H,15H2,1-2H3,(H,22,24).